The van der Waals surface area contributed by atoms with Crippen molar-refractivity contribution in [2.24, 2.45) is 0 Å². The van der Waals surface area contributed by atoms with Crippen LogP contribution in [-0.2, 0) is 9.53 Å². The number of alkyl halides is 1. The Kier molecular flexibility index (Phi) is 4.82. The molecule has 2 rings (SSSR count). The molecule has 0 saturated carbocycles. The van der Waals surface area contributed by atoms with Gasteiger partial charge in [0.2, 0.25) is 5.91 Å². The number of carbonyl (C=O) groups excluding carboxylic acids is 1. The van der Waals surface area contributed by atoms with Crippen LogP contribution in [0, 0.1) is 0 Å². The maximum absolute atomic E-state index is 11.8. The number of nitrogens with zero attached hydrogens (tertiary/aromatic N) is 2. The first-order chi connectivity index (χ1) is 8.16. The molecule has 0 bridgehead atoms. The quantitative estimate of drug-likeness (QED) is 0.732. The molecule has 5 heteroatoms. The van der Waals surface area contributed by atoms with Crippen molar-refractivity contribution in [1.29, 1.82) is 0 Å². The second-order valence-electron chi connectivity index (χ2n) is 4.88. The summed E-state index contributed by atoms with van der Waals surface area (Å²) in [4.78, 5) is 16.1. The third-order valence-electron chi connectivity index (χ3n) is 3.51. The molecule has 2 unspecified atom stereocenters. The van der Waals surface area contributed by atoms with Crippen molar-refractivity contribution in [3.63, 3.8) is 0 Å². The topological polar surface area (TPSA) is 32.8 Å². The molecule has 0 aromatic rings. The molecule has 2 aliphatic rings. The van der Waals surface area contributed by atoms with Gasteiger partial charge in [0.1, 0.15) is 0 Å². The van der Waals surface area contributed by atoms with E-state index >= 15 is 0 Å². The molecular weight excluding hydrogens is 284 g/mol. The zero-order valence-corrected chi connectivity index (χ0v) is 12.0. The Balaban J connectivity index is 1.72. The van der Waals surface area contributed by atoms with Gasteiger partial charge in [0.25, 0.3) is 0 Å². The average Bonchev–Trinajstić information content (AvgIpc) is 2.82. The zero-order chi connectivity index (χ0) is 12.3. The largest absolute Gasteiger partial charge is 0.377 e. The number of rotatable bonds is 3. The van der Waals surface area contributed by atoms with E-state index < -0.39 is 0 Å². The molecule has 17 heavy (non-hydrogen) atoms. The van der Waals surface area contributed by atoms with Crippen LogP contribution in [0.25, 0.3) is 0 Å². The molecule has 4 nitrogen and oxygen atoms in total. The molecule has 1 amide bonds. The highest BCUT2D eigenvalue weighted by Gasteiger charge is 2.26. The molecular formula is C12H21BrN2O2. The molecule has 2 fully saturated rings. The number of hydrogen-bond acceptors (Lipinski definition) is 3. The summed E-state index contributed by atoms with van der Waals surface area (Å²) in [5, 5.41) is 0. The van der Waals surface area contributed by atoms with Crippen LogP contribution < -0.4 is 0 Å². The van der Waals surface area contributed by atoms with E-state index in [1.807, 2.05) is 11.8 Å². The van der Waals surface area contributed by atoms with E-state index in [0.717, 1.165) is 39.3 Å². The monoisotopic (exact) mass is 304 g/mol. The van der Waals surface area contributed by atoms with Crippen LogP contribution in [0.15, 0.2) is 0 Å². The second kappa shape index (κ2) is 6.16. The van der Waals surface area contributed by atoms with Crippen LogP contribution in [0.2, 0.25) is 0 Å². The van der Waals surface area contributed by atoms with Crippen molar-refractivity contribution in [3.05, 3.63) is 0 Å². The average molecular weight is 305 g/mol. The summed E-state index contributed by atoms with van der Waals surface area (Å²) in [7, 11) is 0. The van der Waals surface area contributed by atoms with Crippen molar-refractivity contribution < 1.29 is 9.53 Å². The molecule has 0 aliphatic carbocycles. The molecule has 2 aliphatic heterocycles. The SMILES string of the molecule is CC(Br)C(=O)N1CCN(CC2CCCO2)CC1. The lowest BCUT2D eigenvalue weighted by Gasteiger charge is -2.36. The van der Waals surface area contributed by atoms with Crippen LogP contribution in [0.5, 0.6) is 0 Å². The summed E-state index contributed by atoms with van der Waals surface area (Å²) in [6, 6.07) is 0. The summed E-state index contributed by atoms with van der Waals surface area (Å²) in [6.45, 7) is 7.50. The van der Waals surface area contributed by atoms with Gasteiger partial charge < -0.3 is 9.64 Å². The number of halogens is 1. The van der Waals surface area contributed by atoms with Crippen molar-refractivity contribution in [3.8, 4) is 0 Å². The van der Waals surface area contributed by atoms with Crippen LogP contribution in [0.3, 0.4) is 0 Å². The molecule has 0 aromatic carbocycles. The number of hydrogen-bond donors (Lipinski definition) is 0. The normalized spacial score (nSPS) is 28.4. The summed E-state index contributed by atoms with van der Waals surface area (Å²) < 4.78 is 5.64. The first kappa shape index (κ1) is 13.3. The van der Waals surface area contributed by atoms with Gasteiger partial charge in [0, 0.05) is 39.3 Å². The lowest BCUT2D eigenvalue weighted by Crippen LogP contribution is -2.51. The molecule has 0 N–H and O–H groups in total. The van der Waals surface area contributed by atoms with Gasteiger partial charge in [0.15, 0.2) is 0 Å². The van der Waals surface area contributed by atoms with E-state index in [0.29, 0.717) is 6.10 Å². The van der Waals surface area contributed by atoms with Gasteiger partial charge in [-0.2, -0.15) is 0 Å². The van der Waals surface area contributed by atoms with Gasteiger partial charge in [-0.1, -0.05) is 15.9 Å². The predicted octanol–water partition coefficient (Wildman–Crippen LogP) is 1.09. The first-order valence-electron chi connectivity index (χ1n) is 6.43. The Labute approximate surface area is 111 Å². The van der Waals surface area contributed by atoms with Gasteiger partial charge in [-0.15, -0.1) is 0 Å². The summed E-state index contributed by atoms with van der Waals surface area (Å²) >= 11 is 3.34. The fourth-order valence-corrected chi connectivity index (χ4v) is 2.77. The van der Waals surface area contributed by atoms with Crippen molar-refractivity contribution >= 4 is 21.8 Å². The Morgan fingerprint density at radius 1 is 1.41 bits per heavy atom. The number of piperazine rings is 1. The highest BCUT2D eigenvalue weighted by molar-refractivity contribution is 9.10. The summed E-state index contributed by atoms with van der Waals surface area (Å²) in [6.07, 6.45) is 2.81. The lowest BCUT2D eigenvalue weighted by molar-refractivity contribution is -0.132. The highest BCUT2D eigenvalue weighted by atomic mass is 79.9. The van der Waals surface area contributed by atoms with Gasteiger partial charge in [0.05, 0.1) is 10.9 Å². The van der Waals surface area contributed by atoms with Crippen molar-refractivity contribution in [2.75, 3.05) is 39.3 Å². The Bertz CT molecular complexity index is 259. The molecule has 2 atom stereocenters. The minimum absolute atomic E-state index is 0.0628. The molecule has 2 saturated heterocycles. The Morgan fingerprint density at radius 3 is 2.65 bits per heavy atom. The van der Waals surface area contributed by atoms with Gasteiger partial charge >= 0.3 is 0 Å². The van der Waals surface area contributed by atoms with E-state index in [-0.39, 0.29) is 10.7 Å². The maximum atomic E-state index is 11.8. The number of carbonyl (C=O) groups is 1. The Hall–Kier alpha value is -0.130. The number of ether oxygens (including phenoxy) is 1. The van der Waals surface area contributed by atoms with Crippen LogP contribution in [-0.4, -0.2) is 66.0 Å². The van der Waals surface area contributed by atoms with Crippen LogP contribution >= 0.6 is 15.9 Å². The van der Waals surface area contributed by atoms with Crippen LogP contribution in [0.1, 0.15) is 19.8 Å². The predicted molar refractivity (Wildman–Crippen MR) is 70.4 cm³/mol. The first-order valence-corrected chi connectivity index (χ1v) is 7.35. The van der Waals surface area contributed by atoms with E-state index in [2.05, 4.69) is 20.8 Å². The lowest BCUT2D eigenvalue weighted by atomic mass is 10.2. The van der Waals surface area contributed by atoms with Gasteiger partial charge in [-0.05, 0) is 19.8 Å². The van der Waals surface area contributed by atoms with E-state index in [4.69, 9.17) is 4.74 Å². The van der Waals surface area contributed by atoms with Gasteiger partial charge in [-0.3, -0.25) is 9.69 Å². The van der Waals surface area contributed by atoms with Gasteiger partial charge in [-0.25, -0.2) is 0 Å². The molecule has 0 aromatic heterocycles. The number of amides is 1. The molecule has 0 radical (unpaired) electrons. The van der Waals surface area contributed by atoms with E-state index in [1.54, 1.807) is 0 Å². The third-order valence-corrected chi connectivity index (χ3v) is 3.90. The highest BCUT2D eigenvalue weighted by Crippen LogP contribution is 2.15. The van der Waals surface area contributed by atoms with E-state index in [9.17, 15) is 4.79 Å². The van der Waals surface area contributed by atoms with E-state index in [1.165, 1.54) is 12.8 Å². The Morgan fingerprint density at radius 2 is 2.12 bits per heavy atom. The fraction of sp³-hybridized carbons (Fsp3) is 0.917. The standard InChI is InChI=1S/C12H21BrN2O2/c1-10(13)12(16)15-6-4-14(5-7-15)9-11-3-2-8-17-11/h10-11H,2-9H2,1H3. The smallest absolute Gasteiger partial charge is 0.236 e. The summed E-state index contributed by atoms with van der Waals surface area (Å²) in [5.41, 5.74) is 0. The van der Waals surface area contributed by atoms with Crippen molar-refractivity contribution in [2.45, 2.75) is 30.7 Å². The van der Waals surface area contributed by atoms with Crippen LogP contribution in [0.4, 0.5) is 0 Å². The minimum atomic E-state index is -0.0628. The molecule has 98 valence electrons. The molecule has 0 spiro atoms. The molecule has 2 heterocycles. The summed E-state index contributed by atoms with van der Waals surface area (Å²) in [5.74, 6) is 0.210. The van der Waals surface area contributed by atoms with Crippen molar-refractivity contribution in [1.82, 2.24) is 9.80 Å². The minimum Gasteiger partial charge on any atom is -0.377 e. The maximum Gasteiger partial charge on any atom is 0.236 e. The fourth-order valence-electron chi connectivity index (χ4n) is 2.48. The zero-order valence-electron chi connectivity index (χ0n) is 10.4. The second-order valence-corrected chi connectivity index (χ2v) is 6.25. The third kappa shape index (κ3) is 3.66.